The van der Waals surface area contributed by atoms with Crippen molar-refractivity contribution < 1.29 is 17.9 Å². The van der Waals surface area contributed by atoms with Crippen LogP contribution >= 0.6 is 11.3 Å². The highest BCUT2D eigenvalue weighted by Gasteiger charge is 2.26. The molecule has 0 aliphatic carbocycles. The lowest BCUT2D eigenvalue weighted by Gasteiger charge is -2.15. The molecular formula is C10H14N2O4S2. The van der Waals surface area contributed by atoms with Gasteiger partial charge in [0.15, 0.2) is 0 Å². The van der Waals surface area contributed by atoms with Gasteiger partial charge >= 0.3 is 0 Å². The van der Waals surface area contributed by atoms with Gasteiger partial charge in [0.25, 0.3) is 5.91 Å². The van der Waals surface area contributed by atoms with Crippen LogP contribution in [-0.4, -0.2) is 33.1 Å². The van der Waals surface area contributed by atoms with Gasteiger partial charge in [0.2, 0.25) is 10.0 Å². The van der Waals surface area contributed by atoms with E-state index in [1.165, 1.54) is 11.4 Å². The molecule has 1 aromatic rings. The Labute approximate surface area is 109 Å². The zero-order chi connectivity index (χ0) is 13.3. The summed E-state index contributed by atoms with van der Waals surface area (Å²) in [6.45, 7) is 2.51. The number of carbonyl (C=O) groups excluding carboxylic acids is 1. The van der Waals surface area contributed by atoms with Crippen molar-refractivity contribution in [3.63, 3.8) is 0 Å². The highest BCUT2D eigenvalue weighted by molar-refractivity contribution is 7.91. The smallest absolute Gasteiger partial charge is 0.252 e. The number of hydrogen-bond donors (Lipinski definition) is 2. The first kappa shape index (κ1) is 13.5. The summed E-state index contributed by atoms with van der Waals surface area (Å²) in [4.78, 5) is 11.9. The molecule has 2 heterocycles. The van der Waals surface area contributed by atoms with Crippen LogP contribution in [0, 0.1) is 0 Å². The van der Waals surface area contributed by atoms with Gasteiger partial charge in [-0.15, -0.1) is 11.3 Å². The Hall–Kier alpha value is -0.960. The predicted molar refractivity (Wildman–Crippen MR) is 67.0 cm³/mol. The fourth-order valence-electron chi connectivity index (χ4n) is 1.76. The van der Waals surface area contributed by atoms with Crippen LogP contribution in [0.1, 0.15) is 23.7 Å². The van der Waals surface area contributed by atoms with Gasteiger partial charge in [-0.05, 0) is 19.4 Å². The Morgan fingerprint density at radius 3 is 2.83 bits per heavy atom. The average Bonchev–Trinajstić information content (AvgIpc) is 2.87. The number of carbonyl (C=O) groups is 1. The second-order valence-corrected chi connectivity index (χ2v) is 6.84. The van der Waals surface area contributed by atoms with Crippen LogP contribution < -0.4 is 10.5 Å². The first-order valence-corrected chi connectivity index (χ1v) is 7.84. The molecule has 1 saturated heterocycles. The van der Waals surface area contributed by atoms with Crippen LogP contribution in [-0.2, 0) is 14.8 Å². The maximum Gasteiger partial charge on any atom is 0.252 e. The van der Waals surface area contributed by atoms with E-state index in [1.807, 2.05) is 6.92 Å². The molecule has 0 spiro atoms. The Morgan fingerprint density at radius 2 is 2.33 bits per heavy atom. The molecular weight excluding hydrogens is 276 g/mol. The number of thiophene rings is 1. The third kappa shape index (κ3) is 2.89. The summed E-state index contributed by atoms with van der Waals surface area (Å²) >= 11 is 0.938. The van der Waals surface area contributed by atoms with E-state index in [9.17, 15) is 13.2 Å². The van der Waals surface area contributed by atoms with Crippen LogP contribution in [0.2, 0.25) is 0 Å². The third-order valence-electron chi connectivity index (χ3n) is 2.81. The van der Waals surface area contributed by atoms with E-state index in [2.05, 4.69) is 5.32 Å². The maximum absolute atomic E-state index is 11.9. The monoisotopic (exact) mass is 290 g/mol. The zero-order valence-electron chi connectivity index (χ0n) is 9.75. The Morgan fingerprint density at radius 1 is 1.61 bits per heavy atom. The first-order chi connectivity index (χ1) is 8.38. The lowest BCUT2D eigenvalue weighted by atomic mass is 10.1. The van der Waals surface area contributed by atoms with E-state index in [0.717, 1.165) is 17.8 Å². The molecule has 18 heavy (non-hydrogen) atoms. The van der Waals surface area contributed by atoms with Crippen LogP contribution in [0.25, 0.3) is 0 Å². The second kappa shape index (κ2) is 4.96. The van der Waals surface area contributed by atoms with Gasteiger partial charge in [0.05, 0.1) is 17.7 Å². The third-order valence-corrected chi connectivity index (χ3v) is 5.20. The molecule has 0 radical (unpaired) electrons. The molecule has 6 nitrogen and oxygen atoms in total. The average molecular weight is 290 g/mol. The Kier molecular flexibility index (Phi) is 3.71. The second-order valence-electron chi connectivity index (χ2n) is 4.14. The molecule has 1 aromatic heterocycles. The molecule has 2 rings (SSSR count). The van der Waals surface area contributed by atoms with Crippen molar-refractivity contribution in [2.75, 3.05) is 6.61 Å². The van der Waals surface area contributed by atoms with Crippen molar-refractivity contribution in [3.05, 3.63) is 17.0 Å². The van der Waals surface area contributed by atoms with Crippen LogP contribution in [0.5, 0.6) is 0 Å². The quantitative estimate of drug-likeness (QED) is 0.836. The zero-order valence-corrected chi connectivity index (χ0v) is 11.4. The maximum atomic E-state index is 11.9. The molecule has 1 amide bonds. The Balaban J connectivity index is 2.08. The molecule has 0 saturated carbocycles. The number of nitrogens with one attached hydrogen (secondary N) is 1. The van der Waals surface area contributed by atoms with Gasteiger partial charge in [-0.1, -0.05) is 0 Å². The molecule has 3 N–H and O–H groups in total. The predicted octanol–water partition coefficient (Wildman–Crippen LogP) is 0.303. The van der Waals surface area contributed by atoms with Gasteiger partial charge in [-0.25, -0.2) is 13.6 Å². The van der Waals surface area contributed by atoms with Crippen molar-refractivity contribution in [1.82, 2.24) is 5.32 Å². The topological polar surface area (TPSA) is 98.5 Å². The molecule has 100 valence electrons. The minimum atomic E-state index is -3.74. The molecule has 1 fully saturated rings. The van der Waals surface area contributed by atoms with E-state index in [4.69, 9.17) is 9.88 Å². The minimum absolute atomic E-state index is 0.0108. The molecule has 0 bridgehead atoms. The van der Waals surface area contributed by atoms with Crippen molar-refractivity contribution in [1.29, 1.82) is 0 Å². The normalized spacial score (nSPS) is 24.1. The standard InChI is InChI=1S/C10H14N2O4S2/c1-6-8(2-3-16-6)12-10(13)7-4-9(17-5-7)18(11,14)15/h4-6,8H,2-3H2,1H3,(H,12,13)(H2,11,14,15). The van der Waals surface area contributed by atoms with E-state index in [-0.39, 0.29) is 22.3 Å². The van der Waals surface area contributed by atoms with Crippen LogP contribution in [0.4, 0.5) is 0 Å². The summed E-state index contributed by atoms with van der Waals surface area (Å²) < 4.78 is 27.5. The number of hydrogen-bond acceptors (Lipinski definition) is 5. The summed E-state index contributed by atoms with van der Waals surface area (Å²) in [6.07, 6.45) is 0.740. The summed E-state index contributed by atoms with van der Waals surface area (Å²) in [7, 11) is -3.74. The van der Waals surface area contributed by atoms with E-state index < -0.39 is 10.0 Å². The highest BCUT2D eigenvalue weighted by atomic mass is 32.2. The molecule has 2 atom stereocenters. The number of primary sulfonamides is 1. The van der Waals surface area contributed by atoms with Crippen LogP contribution in [0.15, 0.2) is 15.7 Å². The van der Waals surface area contributed by atoms with Crippen molar-refractivity contribution in [3.8, 4) is 0 Å². The van der Waals surface area contributed by atoms with Gasteiger partial charge in [-0.3, -0.25) is 4.79 Å². The summed E-state index contributed by atoms with van der Waals surface area (Å²) in [6, 6.07) is 1.26. The van der Waals surface area contributed by atoms with Crippen molar-refractivity contribution >= 4 is 27.3 Å². The van der Waals surface area contributed by atoms with E-state index in [0.29, 0.717) is 12.2 Å². The molecule has 8 heteroatoms. The molecule has 1 aliphatic rings. The summed E-state index contributed by atoms with van der Waals surface area (Å²) in [5.74, 6) is -0.302. The first-order valence-electron chi connectivity index (χ1n) is 5.42. The minimum Gasteiger partial charge on any atom is -0.376 e. The fraction of sp³-hybridized carbons (Fsp3) is 0.500. The van der Waals surface area contributed by atoms with Crippen LogP contribution in [0.3, 0.4) is 0 Å². The van der Waals surface area contributed by atoms with Gasteiger partial charge in [0.1, 0.15) is 4.21 Å². The largest absolute Gasteiger partial charge is 0.376 e. The SMILES string of the molecule is CC1OCCC1NC(=O)c1csc(S(N)(=O)=O)c1. The van der Waals surface area contributed by atoms with E-state index >= 15 is 0 Å². The lowest BCUT2D eigenvalue weighted by Crippen LogP contribution is -2.39. The van der Waals surface area contributed by atoms with Gasteiger partial charge < -0.3 is 10.1 Å². The van der Waals surface area contributed by atoms with E-state index in [1.54, 1.807) is 0 Å². The van der Waals surface area contributed by atoms with Gasteiger partial charge in [0, 0.05) is 12.0 Å². The molecule has 2 unspecified atom stereocenters. The summed E-state index contributed by atoms with van der Waals surface area (Å²) in [5.41, 5.74) is 0.308. The highest BCUT2D eigenvalue weighted by Crippen LogP contribution is 2.20. The van der Waals surface area contributed by atoms with Crippen molar-refractivity contribution in [2.45, 2.75) is 29.7 Å². The lowest BCUT2D eigenvalue weighted by molar-refractivity contribution is 0.0866. The fourth-order valence-corrected chi connectivity index (χ4v) is 3.34. The van der Waals surface area contributed by atoms with Crippen molar-refractivity contribution in [2.24, 2.45) is 5.14 Å². The Bertz CT molecular complexity index is 552. The number of ether oxygens (including phenoxy) is 1. The molecule has 1 aliphatic heterocycles. The number of sulfonamides is 1. The number of nitrogens with two attached hydrogens (primary N) is 1. The summed E-state index contributed by atoms with van der Waals surface area (Å²) in [5, 5.41) is 9.29. The number of amides is 1. The molecule has 0 aromatic carbocycles. The number of rotatable bonds is 3. The van der Waals surface area contributed by atoms with Gasteiger partial charge in [-0.2, -0.15) is 0 Å².